The molecule has 2 aliphatic heterocycles. The lowest BCUT2D eigenvalue weighted by atomic mass is 9.89. The quantitative estimate of drug-likeness (QED) is 0.334. The van der Waals surface area contributed by atoms with Crippen LogP contribution in [0.25, 0.3) is 10.9 Å². The number of hydrogen-bond donors (Lipinski definition) is 1. The topological polar surface area (TPSA) is 48.6 Å². The first kappa shape index (κ1) is 21.4. The molecule has 5 nitrogen and oxygen atoms in total. The summed E-state index contributed by atoms with van der Waals surface area (Å²) in [5, 5.41) is 1.67. The van der Waals surface area contributed by atoms with Gasteiger partial charge in [0.15, 0.2) is 5.11 Å². The number of rotatable bonds is 3. The molecule has 3 heterocycles. The molecule has 0 saturated carbocycles. The Morgan fingerprint density at radius 3 is 2.62 bits per heavy atom. The first-order valence-corrected chi connectivity index (χ1v) is 12.3. The Morgan fingerprint density at radius 1 is 1.09 bits per heavy atom. The highest BCUT2D eigenvalue weighted by Gasteiger charge is 2.51. The van der Waals surface area contributed by atoms with Gasteiger partial charge < -0.3 is 14.6 Å². The fourth-order valence-corrected chi connectivity index (χ4v) is 6.02. The summed E-state index contributed by atoms with van der Waals surface area (Å²) < 4.78 is 6.40. The molecule has 0 bridgehead atoms. The summed E-state index contributed by atoms with van der Waals surface area (Å²) in [5.41, 5.74) is 6.26. The van der Waals surface area contributed by atoms with Gasteiger partial charge in [0, 0.05) is 27.5 Å². The number of amides is 1. The molecule has 0 aliphatic carbocycles. The zero-order valence-electron chi connectivity index (χ0n) is 18.7. The van der Waals surface area contributed by atoms with E-state index >= 15 is 0 Å². The standard InChI is InChI=1S/C27H22BrN3O2S/c1-15-4-3-5-18(12-15)30-26(32)23-14-21-20-13-17(28)8-11-22(20)29-24(21)25(31(23)27(30)34)16-6-9-19(33-2)10-7-16/h3-13,23,25,29H,14H2,1-2H3. The van der Waals surface area contributed by atoms with Gasteiger partial charge in [-0.2, -0.15) is 0 Å². The normalized spacial score (nSPS) is 19.5. The van der Waals surface area contributed by atoms with E-state index in [0.29, 0.717) is 11.5 Å². The van der Waals surface area contributed by atoms with Crippen LogP contribution < -0.4 is 9.64 Å². The molecule has 170 valence electrons. The van der Waals surface area contributed by atoms with Crippen LogP contribution in [0.4, 0.5) is 5.69 Å². The molecular weight excluding hydrogens is 510 g/mol. The van der Waals surface area contributed by atoms with E-state index in [1.54, 1.807) is 12.0 Å². The maximum Gasteiger partial charge on any atom is 0.256 e. The molecule has 2 unspecified atom stereocenters. The summed E-state index contributed by atoms with van der Waals surface area (Å²) in [4.78, 5) is 21.3. The van der Waals surface area contributed by atoms with E-state index in [1.165, 1.54) is 5.56 Å². The number of nitrogens with zero attached hydrogens (tertiary/aromatic N) is 2. The van der Waals surface area contributed by atoms with Gasteiger partial charge in [0.2, 0.25) is 0 Å². The van der Waals surface area contributed by atoms with Gasteiger partial charge in [-0.3, -0.25) is 9.69 Å². The molecule has 1 N–H and O–H groups in total. The lowest BCUT2D eigenvalue weighted by molar-refractivity contribution is -0.120. The van der Waals surface area contributed by atoms with Crippen LogP contribution in [0.15, 0.2) is 71.2 Å². The van der Waals surface area contributed by atoms with Crippen molar-refractivity contribution >= 4 is 55.8 Å². The van der Waals surface area contributed by atoms with Crippen molar-refractivity contribution in [1.82, 2.24) is 9.88 Å². The van der Waals surface area contributed by atoms with Crippen molar-refractivity contribution in [2.45, 2.75) is 25.4 Å². The number of aromatic amines is 1. The fourth-order valence-electron chi connectivity index (χ4n) is 5.23. The molecule has 1 amide bonds. The Balaban J connectivity index is 1.54. The van der Waals surface area contributed by atoms with E-state index in [9.17, 15) is 4.79 Å². The number of thiocarbonyl (C=S) groups is 1. The molecule has 34 heavy (non-hydrogen) atoms. The summed E-state index contributed by atoms with van der Waals surface area (Å²) in [6.45, 7) is 2.02. The summed E-state index contributed by atoms with van der Waals surface area (Å²) in [5.74, 6) is 0.808. The molecule has 2 aliphatic rings. The third kappa shape index (κ3) is 3.18. The number of H-pyrrole nitrogens is 1. The number of aryl methyl sites for hydroxylation is 1. The second-order valence-electron chi connectivity index (χ2n) is 8.81. The number of methoxy groups -OCH3 is 1. The first-order chi connectivity index (χ1) is 16.5. The predicted octanol–water partition coefficient (Wildman–Crippen LogP) is 5.90. The third-order valence-electron chi connectivity index (χ3n) is 6.80. The highest BCUT2D eigenvalue weighted by Crippen LogP contribution is 2.45. The van der Waals surface area contributed by atoms with Crippen LogP contribution in [-0.4, -0.2) is 34.1 Å². The van der Waals surface area contributed by atoms with Crippen molar-refractivity contribution in [3.05, 3.63) is 93.6 Å². The molecule has 6 rings (SSSR count). The number of nitrogens with one attached hydrogen (secondary N) is 1. The minimum atomic E-state index is -0.370. The van der Waals surface area contributed by atoms with Crippen molar-refractivity contribution in [3.8, 4) is 5.75 Å². The van der Waals surface area contributed by atoms with Gasteiger partial charge in [-0.05, 0) is 78.3 Å². The number of ether oxygens (including phenoxy) is 1. The fraction of sp³-hybridized carbons (Fsp3) is 0.185. The van der Waals surface area contributed by atoms with Gasteiger partial charge in [0.05, 0.1) is 18.8 Å². The van der Waals surface area contributed by atoms with Gasteiger partial charge in [0.1, 0.15) is 11.8 Å². The summed E-state index contributed by atoms with van der Waals surface area (Å²) in [6.07, 6.45) is 0.597. The SMILES string of the molecule is COc1ccc(C2c3[nH]c4ccc(Br)cc4c3CC3C(=O)N(c4cccc(C)c4)C(=S)N32)cc1. The minimum Gasteiger partial charge on any atom is -0.497 e. The smallest absolute Gasteiger partial charge is 0.256 e. The lowest BCUT2D eigenvalue weighted by Gasteiger charge is -2.37. The molecular formula is C27H22BrN3O2S. The zero-order chi connectivity index (χ0) is 23.6. The van der Waals surface area contributed by atoms with Gasteiger partial charge in [-0.25, -0.2) is 0 Å². The average Bonchev–Trinajstić information content (AvgIpc) is 3.32. The van der Waals surface area contributed by atoms with Crippen molar-refractivity contribution in [1.29, 1.82) is 0 Å². The second-order valence-corrected chi connectivity index (χ2v) is 10.1. The number of carbonyl (C=O) groups is 1. The Hall–Kier alpha value is -3.16. The Kier molecular flexibility index (Phi) is 5.00. The number of halogens is 1. The molecule has 0 spiro atoms. The predicted molar refractivity (Wildman–Crippen MR) is 141 cm³/mol. The van der Waals surface area contributed by atoms with Gasteiger partial charge >= 0.3 is 0 Å². The molecule has 1 saturated heterocycles. The summed E-state index contributed by atoms with van der Waals surface area (Å²) >= 11 is 9.59. The van der Waals surface area contributed by atoms with E-state index in [2.05, 4.69) is 50.1 Å². The van der Waals surface area contributed by atoms with Gasteiger partial charge in [-0.15, -0.1) is 0 Å². The minimum absolute atomic E-state index is 0.0177. The van der Waals surface area contributed by atoms with Gasteiger partial charge in [-0.1, -0.05) is 40.2 Å². The van der Waals surface area contributed by atoms with Crippen LogP contribution >= 0.6 is 28.1 Å². The van der Waals surface area contributed by atoms with Crippen molar-refractivity contribution < 1.29 is 9.53 Å². The molecule has 7 heteroatoms. The molecule has 4 aromatic rings. The first-order valence-electron chi connectivity index (χ1n) is 11.1. The second kappa shape index (κ2) is 7.96. The van der Waals surface area contributed by atoms with Gasteiger partial charge in [0.25, 0.3) is 5.91 Å². The molecule has 3 aromatic carbocycles. The molecule has 1 fully saturated rings. The van der Waals surface area contributed by atoms with E-state index in [4.69, 9.17) is 17.0 Å². The maximum atomic E-state index is 13.8. The molecule has 2 atom stereocenters. The Bertz CT molecular complexity index is 1460. The number of aromatic nitrogens is 1. The highest BCUT2D eigenvalue weighted by molar-refractivity contribution is 9.10. The lowest BCUT2D eigenvalue weighted by Crippen LogP contribution is -2.44. The van der Waals surface area contributed by atoms with Crippen molar-refractivity contribution in [2.24, 2.45) is 0 Å². The van der Waals surface area contributed by atoms with Crippen LogP contribution in [0.2, 0.25) is 0 Å². The number of fused-ring (bicyclic) bond motifs is 4. The maximum absolute atomic E-state index is 13.8. The monoisotopic (exact) mass is 531 g/mol. The van der Waals surface area contributed by atoms with Crippen LogP contribution in [0, 0.1) is 6.92 Å². The Morgan fingerprint density at radius 2 is 1.88 bits per heavy atom. The molecule has 0 radical (unpaired) electrons. The average molecular weight is 532 g/mol. The number of carbonyl (C=O) groups excluding carboxylic acids is 1. The van der Waals surface area contributed by atoms with E-state index in [-0.39, 0.29) is 18.0 Å². The van der Waals surface area contributed by atoms with Crippen LogP contribution in [-0.2, 0) is 11.2 Å². The number of benzene rings is 3. The zero-order valence-corrected chi connectivity index (χ0v) is 21.1. The highest BCUT2D eigenvalue weighted by atomic mass is 79.9. The summed E-state index contributed by atoms with van der Waals surface area (Å²) in [7, 11) is 1.66. The number of hydrogen-bond acceptors (Lipinski definition) is 3. The largest absolute Gasteiger partial charge is 0.497 e. The van der Waals surface area contributed by atoms with Crippen LogP contribution in [0.5, 0.6) is 5.75 Å². The van der Waals surface area contributed by atoms with Crippen LogP contribution in [0.1, 0.15) is 28.4 Å². The van der Waals surface area contributed by atoms with Crippen molar-refractivity contribution in [3.63, 3.8) is 0 Å². The van der Waals surface area contributed by atoms with E-state index < -0.39 is 0 Å². The Labute approximate surface area is 211 Å². The third-order valence-corrected chi connectivity index (χ3v) is 7.68. The summed E-state index contributed by atoms with van der Waals surface area (Å²) in [6, 6.07) is 21.6. The van der Waals surface area contributed by atoms with E-state index in [0.717, 1.165) is 43.6 Å². The molecule has 1 aromatic heterocycles. The number of anilines is 1. The van der Waals surface area contributed by atoms with Crippen molar-refractivity contribution in [2.75, 3.05) is 12.0 Å². The van der Waals surface area contributed by atoms with Crippen LogP contribution in [0.3, 0.4) is 0 Å². The van der Waals surface area contributed by atoms with E-state index in [1.807, 2.05) is 49.4 Å².